The summed E-state index contributed by atoms with van der Waals surface area (Å²) < 4.78 is 34.9. The minimum absolute atomic E-state index is 0.0350. The first-order valence-electron chi connectivity index (χ1n) is 15.3. The molecule has 10 heteroatoms. The van der Waals surface area contributed by atoms with Gasteiger partial charge in [0.1, 0.15) is 18.3 Å². The number of carbonyl (C=O) groups is 2. The first-order chi connectivity index (χ1) is 22.1. The Morgan fingerprint density at radius 1 is 0.848 bits per heavy atom. The number of hydrogen-bond donors (Lipinski definition) is 1. The molecule has 0 saturated carbocycles. The van der Waals surface area contributed by atoms with E-state index in [0.29, 0.717) is 29.4 Å². The normalized spacial score (nSPS) is 12.5. The maximum absolute atomic E-state index is 14.5. The number of nitrogens with one attached hydrogen (secondary N) is 1. The molecule has 0 unspecified atom stereocenters. The van der Waals surface area contributed by atoms with Crippen LogP contribution < -0.4 is 14.4 Å². The smallest absolute Gasteiger partial charge is 0.264 e. The van der Waals surface area contributed by atoms with Gasteiger partial charge in [-0.05, 0) is 79.9 Å². The Kier molecular flexibility index (Phi) is 12.2. The number of ether oxygens (including phenoxy) is 1. The molecule has 0 aliphatic carbocycles. The van der Waals surface area contributed by atoms with Crippen LogP contribution in [0.1, 0.15) is 38.3 Å². The van der Waals surface area contributed by atoms with Crippen LogP contribution in [0.5, 0.6) is 5.75 Å². The number of anilines is 1. The number of nitrogens with zero attached hydrogens (tertiary/aromatic N) is 2. The van der Waals surface area contributed by atoms with E-state index >= 15 is 0 Å². The molecule has 242 valence electrons. The van der Waals surface area contributed by atoms with Gasteiger partial charge in [0.25, 0.3) is 10.0 Å². The largest absolute Gasteiger partial charge is 0.494 e. The van der Waals surface area contributed by atoms with Crippen LogP contribution in [0.4, 0.5) is 5.69 Å². The lowest BCUT2D eigenvalue weighted by Gasteiger charge is -2.34. The molecule has 0 heterocycles. The molecule has 0 spiro atoms. The Balaban J connectivity index is 1.80. The van der Waals surface area contributed by atoms with Crippen molar-refractivity contribution in [3.63, 3.8) is 0 Å². The summed E-state index contributed by atoms with van der Waals surface area (Å²) in [4.78, 5) is 29.9. The monoisotopic (exact) mass is 661 g/mol. The van der Waals surface area contributed by atoms with E-state index in [1.807, 2.05) is 57.2 Å². The summed E-state index contributed by atoms with van der Waals surface area (Å²) in [5, 5.41) is 3.52. The summed E-state index contributed by atoms with van der Waals surface area (Å²) in [5.41, 5.74) is 1.84. The molecular weight excluding hydrogens is 622 g/mol. The molecule has 0 aromatic heterocycles. The average Bonchev–Trinajstić information content (AvgIpc) is 3.06. The third-order valence-electron chi connectivity index (χ3n) is 7.56. The van der Waals surface area contributed by atoms with Crippen LogP contribution in [-0.2, 0) is 32.6 Å². The van der Waals surface area contributed by atoms with Gasteiger partial charge in [-0.15, -0.1) is 0 Å². The van der Waals surface area contributed by atoms with Gasteiger partial charge in [-0.25, -0.2) is 8.42 Å². The highest BCUT2D eigenvalue weighted by atomic mass is 35.5. The van der Waals surface area contributed by atoms with Crippen molar-refractivity contribution in [2.75, 3.05) is 17.5 Å². The van der Waals surface area contributed by atoms with Crippen molar-refractivity contribution in [3.8, 4) is 5.75 Å². The van der Waals surface area contributed by atoms with Crippen LogP contribution in [0.2, 0.25) is 5.02 Å². The van der Waals surface area contributed by atoms with Gasteiger partial charge in [0.05, 0.1) is 17.2 Å². The van der Waals surface area contributed by atoms with Crippen LogP contribution >= 0.6 is 11.6 Å². The predicted molar refractivity (Wildman–Crippen MR) is 182 cm³/mol. The average molecular weight is 662 g/mol. The topological polar surface area (TPSA) is 96.0 Å². The molecule has 8 nitrogen and oxygen atoms in total. The molecule has 0 aliphatic heterocycles. The number of hydrogen-bond acceptors (Lipinski definition) is 5. The molecule has 4 rings (SSSR count). The fourth-order valence-corrected chi connectivity index (χ4v) is 6.60. The number of carbonyl (C=O) groups excluding carboxylic acids is 2. The summed E-state index contributed by atoms with van der Waals surface area (Å²) in [7, 11) is -4.19. The fraction of sp³-hybridized carbons (Fsp3) is 0.278. The lowest BCUT2D eigenvalue weighted by atomic mass is 10.0. The second-order valence-corrected chi connectivity index (χ2v) is 13.2. The second-order valence-electron chi connectivity index (χ2n) is 10.9. The van der Waals surface area contributed by atoms with Gasteiger partial charge in [0.2, 0.25) is 11.8 Å². The van der Waals surface area contributed by atoms with Crippen LogP contribution in [-0.4, -0.2) is 50.4 Å². The summed E-state index contributed by atoms with van der Waals surface area (Å²) in [6, 6.07) is 29.9. The number of benzene rings is 4. The van der Waals surface area contributed by atoms with E-state index in [9.17, 15) is 18.0 Å². The highest BCUT2D eigenvalue weighted by Crippen LogP contribution is 2.27. The molecule has 0 saturated heterocycles. The standard InChI is InChI=1S/C36H40ClN3O5S/c1-4-27(3)38-36(42)34(24-28-13-8-6-9-14-28)39(25-29-15-12-16-30(37)23-29)35(41)26-40(31-19-21-32(22-20-31)45-5-2)46(43,44)33-17-10-7-11-18-33/h6-23,27,34H,4-5,24-26H2,1-3H3,(H,38,42)/t27-,34+/m1/s1. The number of halogens is 1. The lowest BCUT2D eigenvalue weighted by molar-refractivity contribution is -0.140. The Bertz CT molecular complexity index is 1690. The molecule has 0 bridgehead atoms. The van der Waals surface area contributed by atoms with Gasteiger partial charge in [-0.1, -0.05) is 79.2 Å². The summed E-state index contributed by atoms with van der Waals surface area (Å²) >= 11 is 6.31. The molecule has 46 heavy (non-hydrogen) atoms. The van der Waals surface area contributed by atoms with Crippen molar-refractivity contribution in [1.82, 2.24) is 10.2 Å². The Morgan fingerprint density at radius 3 is 2.09 bits per heavy atom. The summed E-state index contributed by atoms with van der Waals surface area (Å²) in [6.07, 6.45) is 0.927. The van der Waals surface area contributed by atoms with Crippen molar-refractivity contribution >= 4 is 39.1 Å². The van der Waals surface area contributed by atoms with Gasteiger partial charge in [-0.3, -0.25) is 13.9 Å². The molecule has 1 N–H and O–H groups in total. The predicted octanol–water partition coefficient (Wildman–Crippen LogP) is 6.49. The second kappa shape index (κ2) is 16.3. The van der Waals surface area contributed by atoms with E-state index in [0.717, 1.165) is 9.87 Å². The number of amides is 2. The molecule has 4 aromatic carbocycles. The maximum atomic E-state index is 14.5. The SMILES string of the molecule is CCOc1ccc(N(CC(=O)N(Cc2cccc(Cl)c2)[C@@H](Cc2ccccc2)C(=O)N[C@H](C)CC)S(=O)(=O)c2ccccc2)cc1. The molecule has 0 aliphatic rings. The van der Waals surface area contributed by atoms with E-state index in [2.05, 4.69) is 5.32 Å². The van der Waals surface area contributed by atoms with Gasteiger partial charge >= 0.3 is 0 Å². The number of sulfonamides is 1. The van der Waals surface area contributed by atoms with E-state index in [4.69, 9.17) is 16.3 Å². The van der Waals surface area contributed by atoms with Gasteiger partial charge in [0, 0.05) is 24.0 Å². The van der Waals surface area contributed by atoms with Crippen LogP contribution in [0.25, 0.3) is 0 Å². The number of rotatable bonds is 15. The third kappa shape index (κ3) is 9.11. The van der Waals surface area contributed by atoms with Gasteiger partial charge in [-0.2, -0.15) is 0 Å². The molecular formula is C36H40ClN3O5S. The summed E-state index contributed by atoms with van der Waals surface area (Å²) in [6.45, 7) is 5.66. The van der Waals surface area contributed by atoms with Crippen molar-refractivity contribution < 1.29 is 22.7 Å². The van der Waals surface area contributed by atoms with Gasteiger partial charge in [0.15, 0.2) is 0 Å². The van der Waals surface area contributed by atoms with Crippen LogP contribution in [0.3, 0.4) is 0 Å². The van der Waals surface area contributed by atoms with Crippen molar-refractivity contribution in [1.29, 1.82) is 0 Å². The van der Waals surface area contributed by atoms with E-state index in [-0.39, 0.29) is 35.5 Å². The van der Waals surface area contributed by atoms with Crippen LogP contribution in [0, 0.1) is 0 Å². The molecule has 4 aromatic rings. The summed E-state index contributed by atoms with van der Waals surface area (Å²) in [5.74, 6) is -0.303. The first kappa shape index (κ1) is 34.5. The Hall–Kier alpha value is -4.34. The minimum atomic E-state index is -4.19. The Labute approximate surface area is 277 Å². The van der Waals surface area contributed by atoms with Gasteiger partial charge < -0.3 is 15.0 Å². The highest BCUT2D eigenvalue weighted by molar-refractivity contribution is 7.92. The molecule has 2 atom stereocenters. The molecule has 2 amide bonds. The van der Waals surface area contributed by atoms with E-state index in [1.54, 1.807) is 60.7 Å². The van der Waals surface area contributed by atoms with Crippen molar-refractivity contribution in [2.45, 2.75) is 57.1 Å². The minimum Gasteiger partial charge on any atom is -0.494 e. The van der Waals surface area contributed by atoms with Crippen molar-refractivity contribution in [2.24, 2.45) is 0 Å². The van der Waals surface area contributed by atoms with E-state index < -0.39 is 28.5 Å². The molecule has 0 fully saturated rings. The Morgan fingerprint density at radius 2 is 1.48 bits per heavy atom. The van der Waals surface area contributed by atoms with Crippen molar-refractivity contribution in [3.05, 3.63) is 125 Å². The zero-order chi connectivity index (χ0) is 33.1. The third-order valence-corrected chi connectivity index (χ3v) is 9.58. The zero-order valence-corrected chi connectivity index (χ0v) is 27.9. The maximum Gasteiger partial charge on any atom is 0.264 e. The fourth-order valence-electron chi connectivity index (χ4n) is 4.95. The highest BCUT2D eigenvalue weighted by Gasteiger charge is 2.35. The van der Waals surface area contributed by atoms with E-state index in [1.165, 1.54) is 17.0 Å². The van der Waals surface area contributed by atoms with Crippen LogP contribution in [0.15, 0.2) is 114 Å². The first-order valence-corrected chi connectivity index (χ1v) is 17.1. The lowest BCUT2D eigenvalue weighted by Crippen LogP contribution is -2.54. The molecule has 0 radical (unpaired) electrons. The quantitative estimate of drug-likeness (QED) is 0.157. The zero-order valence-electron chi connectivity index (χ0n) is 26.3.